The summed E-state index contributed by atoms with van der Waals surface area (Å²) in [5.41, 5.74) is 0. The van der Waals surface area contributed by atoms with Crippen molar-refractivity contribution in [1.29, 1.82) is 0 Å². The van der Waals surface area contributed by atoms with Gasteiger partial charge in [-0.1, -0.05) is 0 Å². The van der Waals surface area contributed by atoms with E-state index in [1.807, 2.05) is 19.2 Å². The first-order valence-corrected chi connectivity index (χ1v) is 6.69. The molecule has 0 spiro atoms. The van der Waals surface area contributed by atoms with Gasteiger partial charge < -0.3 is 5.32 Å². The molecule has 1 rings (SSSR count). The molecule has 1 N–H and O–H groups in total. The lowest BCUT2D eigenvalue weighted by Crippen LogP contribution is -2.34. The second-order valence-corrected chi connectivity index (χ2v) is 5.79. The second kappa shape index (κ2) is 6.74. The molecule has 1 aliphatic heterocycles. The van der Waals surface area contributed by atoms with E-state index in [4.69, 9.17) is 0 Å². The Kier molecular flexibility index (Phi) is 5.97. The van der Waals surface area contributed by atoms with Crippen LogP contribution in [0.4, 0.5) is 0 Å². The van der Waals surface area contributed by atoms with Crippen LogP contribution in [0, 0.1) is 0 Å². The summed E-state index contributed by atoms with van der Waals surface area (Å²) in [5.74, 6) is 0. The van der Waals surface area contributed by atoms with E-state index in [-0.39, 0.29) is 0 Å². The maximum atomic E-state index is 3.29. The average molecular weight is 231 g/mol. The average Bonchev–Trinajstić information content (AvgIpc) is 2.70. The van der Waals surface area contributed by atoms with Crippen molar-refractivity contribution in [3.05, 3.63) is 0 Å². The van der Waals surface area contributed by atoms with Crippen LogP contribution in [0.1, 0.15) is 33.1 Å². The molecule has 1 fully saturated rings. The SMILES string of the molecule is CNC(C)CC(C)N(C)SN1CCCC1. The van der Waals surface area contributed by atoms with Crippen molar-refractivity contribution in [2.24, 2.45) is 0 Å². The van der Waals surface area contributed by atoms with Crippen LogP contribution in [-0.4, -0.2) is 47.9 Å². The van der Waals surface area contributed by atoms with Crippen LogP contribution in [-0.2, 0) is 0 Å². The fraction of sp³-hybridized carbons (Fsp3) is 1.00. The molecular weight excluding hydrogens is 206 g/mol. The van der Waals surface area contributed by atoms with Crippen LogP contribution >= 0.6 is 12.1 Å². The zero-order chi connectivity index (χ0) is 11.3. The summed E-state index contributed by atoms with van der Waals surface area (Å²) in [4.78, 5) is 0. The fourth-order valence-electron chi connectivity index (χ4n) is 1.81. The van der Waals surface area contributed by atoms with Gasteiger partial charge in [0.1, 0.15) is 0 Å². The number of nitrogens with zero attached hydrogens (tertiary/aromatic N) is 2. The molecular formula is C11H25N3S. The topological polar surface area (TPSA) is 18.5 Å². The molecule has 0 aromatic carbocycles. The Labute approximate surface area is 98.8 Å². The number of hydrogen-bond acceptors (Lipinski definition) is 4. The number of hydrogen-bond donors (Lipinski definition) is 1. The van der Waals surface area contributed by atoms with E-state index in [2.05, 4.69) is 34.8 Å². The fourth-order valence-corrected chi connectivity index (χ4v) is 2.84. The van der Waals surface area contributed by atoms with Crippen molar-refractivity contribution >= 4 is 12.1 Å². The predicted molar refractivity (Wildman–Crippen MR) is 68.8 cm³/mol. The van der Waals surface area contributed by atoms with E-state index in [1.54, 1.807) is 0 Å². The van der Waals surface area contributed by atoms with Gasteiger partial charge >= 0.3 is 0 Å². The van der Waals surface area contributed by atoms with Crippen molar-refractivity contribution < 1.29 is 0 Å². The first-order chi connectivity index (χ1) is 7.13. The molecule has 90 valence electrons. The molecule has 1 saturated heterocycles. The van der Waals surface area contributed by atoms with Crippen LogP contribution in [0.2, 0.25) is 0 Å². The summed E-state index contributed by atoms with van der Waals surface area (Å²) >= 11 is 1.91. The summed E-state index contributed by atoms with van der Waals surface area (Å²) in [6.45, 7) is 7.05. The standard InChI is InChI=1S/C11H25N3S/c1-10(12-3)9-11(2)13(4)15-14-7-5-6-8-14/h10-12H,5-9H2,1-4H3. The summed E-state index contributed by atoms with van der Waals surface area (Å²) in [7, 11) is 4.24. The minimum atomic E-state index is 0.599. The molecule has 1 aliphatic rings. The molecule has 2 atom stereocenters. The minimum Gasteiger partial charge on any atom is -0.317 e. The monoisotopic (exact) mass is 231 g/mol. The Balaban J connectivity index is 2.22. The van der Waals surface area contributed by atoms with Crippen molar-refractivity contribution in [3.8, 4) is 0 Å². The van der Waals surface area contributed by atoms with E-state index in [1.165, 1.54) is 32.4 Å². The minimum absolute atomic E-state index is 0.599. The summed E-state index contributed by atoms with van der Waals surface area (Å²) in [6.07, 6.45) is 3.93. The molecule has 4 heteroatoms. The Bertz CT molecular complexity index is 171. The highest BCUT2D eigenvalue weighted by Crippen LogP contribution is 2.23. The van der Waals surface area contributed by atoms with Crippen LogP contribution in [0.25, 0.3) is 0 Å². The molecule has 0 amide bonds. The van der Waals surface area contributed by atoms with Gasteiger partial charge in [-0.05, 0) is 47.2 Å². The van der Waals surface area contributed by atoms with Crippen molar-refractivity contribution in [2.45, 2.75) is 45.2 Å². The maximum absolute atomic E-state index is 3.29. The van der Waals surface area contributed by atoms with Crippen molar-refractivity contribution in [1.82, 2.24) is 13.9 Å². The largest absolute Gasteiger partial charge is 0.317 e. The Morgan fingerprint density at radius 2 is 1.93 bits per heavy atom. The van der Waals surface area contributed by atoms with Crippen molar-refractivity contribution in [2.75, 3.05) is 27.2 Å². The highest BCUT2D eigenvalue weighted by Gasteiger charge is 2.18. The Morgan fingerprint density at radius 1 is 1.33 bits per heavy atom. The molecule has 0 saturated carbocycles. The van der Waals surface area contributed by atoms with Gasteiger partial charge in [-0.25, -0.2) is 8.61 Å². The van der Waals surface area contributed by atoms with Gasteiger partial charge in [0, 0.05) is 37.3 Å². The van der Waals surface area contributed by atoms with Crippen LogP contribution in [0.5, 0.6) is 0 Å². The lowest BCUT2D eigenvalue weighted by molar-refractivity contribution is 0.359. The third-order valence-corrected chi connectivity index (χ3v) is 4.33. The first kappa shape index (κ1) is 13.3. The highest BCUT2D eigenvalue weighted by molar-refractivity contribution is 7.94. The molecule has 0 aromatic heterocycles. The van der Waals surface area contributed by atoms with Gasteiger partial charge in [-0.2, -0.15) is 0 Å². The predicted octanol–water partition coefficient (Wildman–Crippen LogP) is 1.96. The zero-order valence-electron chi connectivity index (χ0n) is 10.5. The molecule has 0 aliphatic carbocycles. The van der Waals surface area contributed by atoms with Crippen molar-refractivity contribution in [3.63, 3.8) is 0 Å². The summed E-state index contributed by atoms with van der Waals surface area (Å²) in [6, 6.07) is 1.22. The summed E-state index contributed by atoms with van der Waals surface area (Å²) < 4.78 is 4.86. The molecule has 0 aromatic rings. The third kappa shape index (κ3) is 4.72. The molecule has 2 unspecified atom stereocenters. The van der Waals surface area contributed by atoms with Gasteiger partial charge in [-0.15, -0.1) is 0 Å². The zero-order valence-corrected chi connectivity index (χ0v) is 11.3. The Morgan fingerprint density at radius 3 is 2.47 bits per heavy atom. The van der Waals surface area contributed by atoms with Gasteiger partial charge in [0.15, 0.2) is 0 Å². The van der Waals surface area contributed by atoms with E-state index in [9.17, 15) is 0 Å². The molecule has 0 radical (unpaired) electrons. The van der Waals surface area contributed by atoms with Gasteiger partial charge in [-0.3, -0.25) is 0 Å². The molecule has 15 heavy (non-hydrogen) atoms. The molecule has 1 heterocycles. The highest BCUT2D eigenvalue weighted by atomic mass is 32.2. The van der Waals surface area contributed by atoms with E-state index >= 15 is 0 Å². The van der Waals surface area contributed by atoms with E-state index < -0.39 is 0 Å². The second-order valence-electron chi connectivity index (χ2n) is 4.54. The summed E-state index contributed by atoms with van der Waals surface area (Å²) in [5, 5.41) is 3.29. The van der Waals surface area contributed by atoms with Gasteiger partial charge in [0.05, 0.1) is 0 Å². The normalized spacial score (nSPS) is 22.2. The lowest BCUT2D eigenvalue weighted by Gasteiger charge is -2.29. The van der Waals surface area contributed by atoms with Crippen LogP contribution in [0.3, 0.4) is 0 Å². The smallest absolute Gasteiger partial charge is 0.0197 e. The Hall–Kier alpha value is 0.230. The van der Waals surface area contributed by atoms with Crippen LogP contribution < -0.4 is 5.32 Å². The van der Waals surface area contributed by atoms with E-state index in [0.717, 1.165) is 0 Å². The quantitative estimate of drug-likeness (QED) is 0.704. The van der Waals surface area contributed by atoms with E-state index in [0.29, 0.717) is 12.1 Å². The van der Waals surface area contributed by atoms with Gasteiger partial charge in [0.2, 0.25) is 0 Å². The maximum Gasteiger partial charge on any atom is 0.0197 e. The van der Waals surface area contributed by atoms with Crippen LogP contribution in [0.15, 0.2) is 0 Å². The number of nitrogens with one attached hydrogen (secondary N) is 1. The lowest BCUT2D eigenvalue weighted by atomic mass is 10.1. The molecule has 3 nitrogen and oxygen atoms in total. The van der Waals surface area contributed by atoms with Gasteiger partial charge in [0.25, 0.3) is 0 Å². The molecule has 0 bridgehead atoms. The first-order valence-electron chi connectivity index (χ1n) is 5.96. The number of rotatable bonds is 6. The third-order valence-electron chi connectivity index (χ3n) is 3.12.